The van der Waals surface area contributed by atoms with Crippen LogP contribution in [0.1, 0.15) is 30.9 Å². The summed E-state index contributed by atoms with van der Waals surface area (Å²) in [5, 5.41) is 11.7. The lowest BCUT2D eigenvalue weighted by Crippen LogP contribution is -2.04. The monoisotopic (exact) mass is 449 g/mol. The summed E-state index contributed by atoms with van der Waals surface area (Å²) in [7, 11) is 1.65. The molecule has 164 valence electrons. The van der Waals surface area contributed by atoms with Crippen LogP contribution in [-0.2, 0) is 4.74 Å². The van der Waals surface area contributed by atoms with Crippen molar-refractivity contribution in [1.82, 2.24) is 10.2 Å². The summed E-state index contributed by atoms with van der Waals surface area (Å²) in [5.74, 6) is 2.25. The Morgan fingerprint density at radius 3 is 2.69 bits per heavy atom. The first-order valence-corrected chi connectivity index (χ1v) is 11.4. The Morgan fingerprint density at radius 2 is 1.94 bits per heavy atom. The van der Waals surface area contributed by atoms with Gasteiger partial charge in [0.15, 0.2) is 0 Å². The zero-order valence-corrected chi connectivity index (χ0v) is 18.7. The first-order chi connectivity index (χ1) is 15.7. The van der Waals surface area contributed by atoms with E-state index in [0.29, 0.717) is 23.1 Å². The van der Waals surface area contributed by atoms with Crippen LogP contribution in [0.2, 0.25) is 0 Å². The third-order valence-corrected chi connectivity index (χ3v) is 6.16. The van der Waals surface area contributed by atoms with E-state index in [1.807, 2.05) is 55.5 Å². The van der Waals surface area contributed by atoms with Crippen molar-refractivity contribution in [1.29, 1.82) is 0 Å². The molecule has 4 aromatic rings. The normalized spacial score (nSPS) is 16.6. The maximum atomic E-state index is 6.21. The van der Waals surface area contributed by atoms with Gasteiger partial charge >= 0.3 is 0 Å². The minimum absolute atomic E-state index is 0.0263. The van der Waals surface area contributed by atoms with Crippen LogP contribution in [0.4, 0.5) is 5.13 Å². The van der Waals surface area contributed by atoms with E-state index >= 15 is 0 Å². The molecule has 0 saturated carbocycles. The molecule has 3 heterocycles. The molecule has 1 aliphatic heterocycles. The molecule has 0 aliphatic carbocycles. The van der Waals surface area contributed by atoms with Gasteiger partial charge in [-0.3, -0.25) is 0 Å². The van der Waals surface area contributed by atoms with Crippen molar-refractivity contribution in [3.63, 3.8) is 0 Å². The second kappa shape index (κ2) is 9.10. The summed E-state index contributed by atoms with van der Waals surface area (Å²) in [6.45, 7) is 3.31. The smallest absolute Gasteiger partial charge is 0.232 e. The van der Waals surface area contributed by atoms with Crippen LogP contribution in [0, 0.1) is 0 Å². The lowest BCUT2D eigenvalue weighted by Gasteiger charge is -2.08. The van der Waals surface area contributed by atoms with Gasteiger partial charge in [-0.25, -0.2) is 4.99 Å². The van der Waals surface area contributed by atoms with Gasteiger partial charge in [0.1, 0.15) is 34.0 Å². The number of ether oxygens (including phenoxy) is 3. The van der Waals surface area contributed by atoms with Crippen LogP contribution in [0.5, 0.6) is 11.5 Å². The van der Waals surface area contributed by atoms with Gasteiger partial charge < -0.3 is 18.6 Å². The molecule has 2 aromatic heterocycles. The molecule has 7 nitrogen and oxygen atoms in total. The highest BCUT2D eigenvalue weighted by molar-refractivity contribution is 7.15. The molecular formula is C24H23N3O4S. The standard InChI is InChI=1S/C24H23N3O4S/c1-3-29-17-10-11-20-18(13-17)19(14-22(31-20)15-6-8-16(28-2)9-7-15)25-24-27-26-23(32-24)21-5-4-12-30-21/h6-11,13-14,21H,3-5,12H2,1-2H3/b25-19+. The minimum Gasteiger partial charge on any atom is -0.497 e. The number of rotatable bonds is 6. The van der Waals surface area contributed by atoms with Crippen molar-refractivity contribution in [2.24, 2.45) is 4.99 Å². The van der Waals surface area contributed by atoms with Crippen molar-refractivity contribution in [3.8, 4) is 22.8 Å². The Hall–Kier alpha value is -3.23. The Bertz CT molecular complexity index is 1290. The predicted molar refractivity (Wildman–Crippen MR) is 122 cm³/mol. The van der Waals surface area contributed by atoms with E-state index in [2.05, 4.69) is 10.2 Å². The maximum Gasteiger partial charge on any atom is 0.232 e. The Labute approximate surface area is 189 Å². The molecule has 1 atom stereocenters. The molecule has 0 radical (unpaired) electrons. The van der Waals surface area contributed by atoms with E-state index in [1.54, 1.807) is 7.11 Å². The Balaban J connectivity index is 1.63. The van der Waals surface area contributed by atoms with Crippen LogP contribution >= 0.6 is 11.3 Å². The number of hydrogen-bond acceptors (Lipinski definition) is 8. The van der Waals surface area contributed by atoms with Gasteiger partial charge in [0.05, 0.1) is 19.1 Å². The molecule has 32 heavy (non-hydrogen) atoms. The largest absolute Gasteiger partial charge is 0.497 e. The SMILES string of the molecule is CCOc1ccc2oc(-c3ccc(OC)cc3)c/c(=N\c3nnc(C4CCCO4)s3)c2c1. The molecular weight excluding hydrogens is 426 g/mol. The summed E-state index contributed by atoms with van der Waals surface area (Å²) >= 11 is 1.46. The number of benzene rings is 2. The van der Waals surface area contributed by atoms with Gasteiger partial charge in [0.25, 0.3) is 0 Å². The molecule has 0 N–H and O–H groups in total. The summed E-state index contributed by atoms with van der Waals surface area (Å²) in [6.07, 6.45) is 2.05. The van der Waals surface area contributed by atoms with Crippen molar-refractivity contribution in [2.75, 3.05) is 20.3 Å². The van der Waals surface area contributed by atoms with E-state index in [0.717, 1.165) is 52.3 Å². The molecule has 2 aromatic carbocycles. The van der Waals surface area contributed by atoms with E-state index in [9.17, 15) is 0 Å². The second-order valence-corrected chi connectivity index (χ2v) is 8.34. The quantitative estimate of drug-likeness (QED) is 0.390. The van der Waals surface area contributed by atoms with Crippen molar-refractivity contribution in [3.05, 3.63) is 58.9 Å². The molecule has 0 spiro atoms. The van der Waals surface area contributed by atoms with E-state index in [1.165, 1.54) is 11.3 Å². The van der Waals surface area contributed by atoms with Crippen molar-refractivity contribution >= 4 is 27.4 Å². The number of hydrogen-bond donors (Lipinski definition) is 0. The van der Waals surface area contributed by atoms with Gasteiger partial charge in [-0.15, -0.1) is 10.2 Å². The van der Waals surface area contributed by atoms with Crippen molar-refractivity contribution in [2.45, 2.75) is 25.9 Å². The molecule has 0 amide bonds. The fourth-order valence-electron chi connectivity index (χ4n) is 3.67. The van der Waals surface area contributed by atoms with Crippen LogP contribution in [0.3, 0.4) is 0 Å². The maximum absolute atomic E-state index is 6.21. The number of aromatic nitrogens is 2. The van der Waals surface area contributed by atoms with E-state index < -0.39 is 0 Å². The van der Waals surface area contributed by atoms with E-state index in [4.69, 9.17) is 23.6 Å². The molecule has 1 unspecified atom stereocenters. The van der Waals surface area contributed by atoms with Gasteiger partial charge in [-0.2, -0.15) is 0 Å². The van der Waals surface area contributed by atoms with Crippen molar-refractivity contribution < 1.29 is 18.6 Å². The third-order valence-electron chi connectivity index (χ3n) is 5.25. The molecule has 5 rings (SSSR count). The second-order valence-electron chi connectivity index (χ2n) is 7.35. The molecule has 0 bridgehead atoms. The van der Waals surface area contributed by atoms with E-state index in [-0.39, 0.29) is 6.10 Å². The Kier molecular flexibility index (Phi) is 5.87. The number of nitrogens with zero attached hydrogens (tertiary/aromatic N) is 3. The molecule has 1 fully saturated rings. The summed E-state index contributed by atoms with van der Waals surface area (Å²) in [6, 6.07) is 15.4. The molecule has 1 saturated heterocycles. The molecule has 1 aliphatic rings. The predicted octanol–water partition coefficient (Wildman–Crippen LogP) is 5.44. The minimum atomic E-state index is 0.0263. The molecule has 8 heteroatoms. The van der Waals surface area contributed by atoms with Crippen LogP contribution in [0.25, 0.3) is 22.3 Å². The number of methoxy groups -OCH3 is 1. The highest BCUT2D eigenvalue weighted by Crippen LogP contribution is 2.33. The Morgan fingerprint density at radius 1 is 1.09 bits per heavy atom. The average molecular weight is 450 g/mol. The highest BCUT2D eigenvalue weighted by atomic mass is 32.1. The number of fused-ring (bicyclic) bond motifs is 1. The fraction of sp³-hybridized carbons (Fsp3) is 0.292. The van der Waals surface area contributed by atoms with Gasteiger partial charge in [-0.05, 0) is 62.2 Å². The highest BCUT2D eigenvalue weighted by Gasteiger charge is 2.22. The van der Waals surface area contributed by atoms with Gasteiger partial charge in [0, 0.05) is 23.6 Å². The lowest BCUT2D eigenvalue weighted by molar-refractivity contribution is 0.111. The van der Waals surface area contributed by atoms with Gasteiger partial charge in [0.2, 0.25) is 5.13 Å². The zero-order chi connectivity index (χ0) is 21.9. The first-order valence-electron chi connectivity index (χ1n) is 10.6. The van der Waals surface area contributed by atoms with Crippen LogP contribution < -0.4 is 14.8 Å². The first kappa shape index (κ1) is 20.7. The van der Waals surface area contributed by atoms with Crippen LogP contribution in [0.15, 0.2) is 57.9 Å². The summed E-state index contributed by atoms with van der Waals surface area (Å²) in [4.78, 5) is 4.83. The van der Waals surface area contributed by atoms with Crippen LogP contribution in [-0.4, -0.2) is 30.5 Å². The third kappa shape index (κ3) is 4.24. The summed E-state index contributed by atoms with van der Waals surface area (Å²) < 4.78 is 22.9. The topological polar surface area (TPSA) is 79.0 Å². The zero-order valence-electron chi connectivity index (χ0n) is 17.9. The lowest BCUT2D eigenvalue weighted by atomic mass is 10.1. The average Bonchev–Trinajstić information content (AvgIpc) is 3.52. The van der Waals surface area contributed by atoms with Gasteiger partial charge in [-0.1, -0.05) is 11.3 Å². The summed E-state index contributed by atoms with van der Waals surface area (Å²) in [5.41, 5.74) is 1.64. The fourth-order valence-corrected chi connectivity index (χ4v) is 4.48.